The topological polar surface area (TPSA) is 64.3 Å². The zero-order chi connectivity index (χ0) is 14.5. The smallest absolute Gasteiger partial charge is 0.228 e. The highest BCUT2D eigenvalue weighted by molar-refractivity contribution is 5.92. The number of hydrogen-bond donors (Lipinski definition) is 2. The van der Waals surface area contributed by atoms with Crippen LogP contribution in [0.5, 0.6) is 5.75 Å². The zero-order valence-electron chi connectivity index (χ0n) is 11.0. The van der Waals surface area contributed by atoms with Crippen molar-refractivity contribution in [3.05, 3.63) is 53.8 Å². The number of amides is 1. The van der Waals surface area contributed by atoms with Crippen molar-refractivity contribution < 1.29 is 13.9 Å². The molecule has 0 aliphatic rings. The van der Waals surface area contributed by atoms with E-state index in [1.807, 2.05) is 12.1 Å². The Balaban J connectivity index is 2.04. The monoisotopic (exact) mass is 274 g/mol. The van der Waals surface area contributed by atoms with Crippen LogP contribution in [0.15, 0.2) is 42.5 Å². The van der Waals surface area contributed by atoms with Crippen molar-refractivity contribution in [1.29, 1.82) is 0 Å². The maximum Gasteiger partial charge on any atom is 0.228 e. The standard InChI is InChI=1S/C15H15FN2O2/c1-20-14-4-2-3-10(5-14)6-15(19)18-13-8-11(16)7-12(17)9-13/h2-5,7-9H,6,17H2,1H3,(H,18,19). The molecule has 0 atom stereocenters. The normalized spacial score (nSPS) is 10.1. The quantitative estimate of drug-likeness (QED) is 0.842. The van der Waals surface area contributed by atoms with E-state index >= 15 is 0 Å². The molecule has 2 aromatic rings. The Hall–Kier alpha value is -2.56. The number of benzene rings is 2. The average Bonchev–Trinajstić information content (AvgIpc) is 2.37. The van der Waals surface area contributed by atoms with E-state index in [0.717, 1.165) is 5.56 Å². The highest BCUT2D eigenvalue weighted by Crippen LogP contribution is 2.17. The lowest BCUT2D eigenvalue weighted by atomic mass is 10.1. The molecule has 4 nitrogen and oxygen atoms in total. The molecule has 0 aromatic heterocycles. The molecule has 0 aliphatic carbocycles. The Morgan fingerprint density at radius 1 is 1.30 bits per heavy atom. The lowest BCUT2D eigenvalue weighted by molar-refractivity contribution is -0.115. The molecular formula is C15H15FN2O2. The average molecular weight is 274 g/mol. The third-order valence-electron chi connectivity index (χ3n) is 2.70. The van der Waals surface area contributed by atoms with E-state index in [0.29, 0.717) is 11.4 Å². The van der Waals surface area contributed by atoms with Gasteiger partial charge in [-0.25, -0.2) is 4.39 Å². The fraction of sp³-hybridized carbons (Fsp3) is 0.133. The molecule has 0 heterocycles. The minimum Gasteiger partial charge on any atom is -0.497 e. The molecule has 104 valence electrons. The zero-order valence-corrected chi connectivity index (χ0v) is 11.0. The minimum absolute atomic E-state index is 0.174. The molecule has 0 saturated carbocycles. The Morgan fingerprint density at radius 2 is 2.10 bits per heavy atom. The van der Waals surface area contributed by atoms with Crippen LogP contribution in [0.25, 0.3) is 0 Å². The first-order valence-corrected chi connectivity index (χ1v) is 6.05. The van der Waals surface area contributed by atoms with E-state index in [-0.39, 0.29) is 18.0 Å². The van der Waals surface area contributed by atoms with Gasteiger partial charge in [0.15, 0.2) is 0 Å². The van der Waals surface area contributed by atoms with Crippen molar-refractivity contribution in [2.24, 2.45) is 0 Å². The lowest BCUT2D eigenvalue weighted by Crippen LogP contribution is -2.14. The first-order chi connectivity index (χ1) is 9.56. The van der Waals surface area contributed by atoms with Gasteiger partial charge in [0, 0.05) is 11.4 Å². The molecule has 0 fully saturated rings. The number of ether oxygens (including phenoxy) is 1. The molecule has 5 heteroatoms. The van der Waals surface area contributed by atoms with Crippen LogP contribution in [-0.4, -0.2) is 13.0 Å². The molecule has 0 bridgehead atoms. The van der Waals surface area contributed by atoms with Crippen LogP contribution >= 0.6 is 0 Å². The highest BCUT2D eigenvalue weighted by Gasteiger charge is 2.06. The summed E-state index contributed by atoms with van der Waals surface area (Å²) in [7, 11) is 1.56. The van der Waals surface area contributed by atoms with Crippen molar-refractivity contribution in [3.63, 3.8) is 0 Å². The van der Waals surface area contributed by atoms with Gasteiger partial charge in [0.25, 0.3) is 0 Å². The molecule has 1 amide bonds. The van der Waals surface area contributed by atoms with Gasteiger partial charge in [-0.15, -0.1) is 0 Å². The van der Waals surface area contributed by atoms with E-state index in [9.17, 15) is 9.18 Å². The van der Waals surface area contributed by atoms with E-state index in [4.69, 9.17) is 10.5 Å². The second-order valence-corrected chi connectivity index (χ2v) is 4.35. The number of anilines is 2. The first-order valence-electron chi connectivity index (χ1n) is 6.05. The van der Waals surface area contributed by atoms with Gasteiger partial charge in [0.05, 0.1) is 13.5 Å². The van der Waals surface area contributed by atoms with Crippen LogP contribution in [0.2, 0.25) is 0 Å². The molecule has 2 aromatic carbocycles. The van der Waals surface area contributed by atoms with Crippen LogP contribution < -0.4 is 15.8 Å². The van der Waals surface area contributed by atoms with Crippen molar-refractivity contribution >= 4 is 17.3 Å². The van der Waals surface area contributed by atoms with Gasteiger partial charge < -0.3 is 15.8 Å². The van der Waals surface area contributed by atoms with E-state index in [1.54, 1.807) is 19.2 Å². The third kappa shape index (κ3) is 3.71. The second-order valence-electron chi connectivity index (χ2n) is 4.35. The molecule has 0 aliphatic heterocycles. The maximum absolute atomic E-state index is 13.2. The number of nitrogens with two attached hydrogens (primary N) is 1. The van der Waals surface area contributed by atoms with Crippen molar-refractivity contribution in [1.82, 2.24) is 0 Å². The summed E-state index contributed by atoms with van der Waals surface area (Å²) in [5, 5.41) is 2.61. The predicted octanol–water partition coefficient (Wildman–Crippen LogP) is 2.60. The number of nitrogen functional groups attached to an aromatic ring is 1. The Kier molecular flexibility index (Phi) is 4.20. The fourth-order valence-electron chi connectivity index (χ4n) is 1.86. The van der Waals surface area contributed by atoms with Gasteiger partial charge in [-0.05, 0) is 35.9 Å². The number of hydrogen-bond acceptors (Lipinski definition) is 3. The largest absolute Gasteiger partial charge is 0.497 e. The summed E-state index contributed by atoms with van der Waals surface area (Å²) in [5.41, 5.74) is 6.94. The molecule has 0 saturated heterocycles. The Labute approximate surface area is 116 Å². The Bertz CT molecular complexity index is 609. The second kappa shape index (κ2) is 6.06. The van der Waals surface area contributed by atoms with E-state index in [2.05, 4.69) is 5.32 Å². The van der Waals surface area contributed by atoms with E-state index < -0.39 is 5.82 Å². The number of halogens is 1. The van der Waals surface area contributed by atoms with Gasteiger partial charge in [-0.2, -0.15) is 0 Å². The molecule has 2 rings (SSSR count). The highest BCUT2D eigenvalue weighted by atomic mass is 19.1. The molecule has 0 spiro atoms. The third-order valence-corrected chi connectivity index (χ3v) is 2.70. The number of carbonyl (C=O) groups excluding carboxylic acids is 1. The summed E-state index contributed by atoms with van der Waals surface area (Å²) in [6.45, 7) is 0. The minimum atomic E-state index is -0.485. The van der Waals surface area contributed by atoms with Crippen LogP contribution in [0, 0.1) is 5.82 Å². The van der Waals surface area contributed by atoms with E-state index in [1.165, 1.54) is 18.2 Å². The van der Waals surface area contributed by atoms with Gasteiger partial charge in [0.1, 0.15) is 11.6 Å². The number of rotatable bonds is 4. The molecule has 3 N–H and O–H groups in total. The summed E-state index contributed by atoms with van der Waals surface area (Å²) in [6, 6.07) is 11.1. The summed E-state index contributed by atoms with van der Waals surface area (Å²) < 4.78 is 18.2. The maximum atomic E-state index is 13.2. The molecule has 20 heavy (non-hydrogen) atoms. The van der Waals surface area contributed by atoms with Crippen molar-refractivity contribution in [3.8, 4) is 5.75 Å². The summed E-state index contributed by atoms with van der Waals surface area (Å²) in [4.78, 5) is 11.9. The predicted molar refractivity (Wildman–Crippen MR) is 76.1 cm³/mol. The fourth-order valence-corrected chi connectivity index (χ4v) is 1.86. The van der Waals surface area contributed by atoms with Gasteiger partial charge in [0.2, 0.25) is 5.91 Å². The van der Waals surface area contributed by atoms with Crippen molar-refractivity contribution in [2.75, 3.05) is 18.2 Å². The number of carbonyl (C=O) groups is 1. The Morgan fingerprint density at radius 3 is 2.80 bits per heavy atom. The summed E-state index contributed by atoms with van der Waals surface area (Å²) in [6.07, 6.45) is 0.174. The molecular weight excluding hydrogens is 259 g/mol. The summed E-state index contributed by atoms with van der Waals surface area (Å²) in [5.74, 6) is -0.0461. The van der Waals surface area contributed by atoms with Crippen LogP contribution in [0.4, 0.5) is 15.8 Å². The van der Waals surface area contributed by atoms with Crippen LogP contribution in [0.3, 0.4) is 0 Å². The van der Waals surface area contributed by atoms with Gasteiger partial charge >= 0.3 is 0 Å². The number of methoxy groups -OCH3 is 1. The SMILES string of the molecule is COc1cccc(CC(=O)Nc2cc(N)cc(F)c2)c1. The van der Waals surface area contributed by atoms with Crippen LogP contribution in [0.1, 0.15) is 5.56 Å². The first kappa shape index (κ1) is 13.9. The number of nitrogens with one attached hydrogen (secondary N) is 1. The lowest BCUT2D eigenvalue weighted by Gasteiger charge is -2.07. The molecule has 0 unspecified atom stereocenters. The summed E-state index contributed by atoms with van der Waals surface area (Å²) >= 11 is 0. The van der Waals surface area contributed by atoms with Crippen molar-refractivity contribution in [2.45, 2.75) is 6.42 Å². The molecule has 0 radical (unpaired) electrons. The van der Waals surface area contributed by atoms with Gasteiger partial charge in [-0.1, -0.05) is 12.1 Å². The van der Waals surface area contributed by atoms with Crippen LogP contribution in [-0.2, 0) is 11.2 Å². The van der Waals surface area contributed by atoms with Gasteiger partial charge in [-0.3, -0.25) is 4.79 Å².